The van der Waals surface area contributed by atoms with Crippen molar-refractivity contribution < 1.29 is 9.47 Å². The second kappa shape index (κ2) is 8.47. The van der Waals surface area contributed by atoms with Crippen LogP contribution in [-0.2, 0) is 6.54 Å². The largest absolute Gasteiger partial charge is 0.493 e. The third-order valence-electron chi connectivity index (χ3n) is 3.73. The highest BCUT2D eigenvalue weighted by molar-refractivity contribution is 6.30. The summed E-state index contributed by atoms with van der Waals surface area (Å²) in [4.78, 5) is 2.44. The molecule has 1 aromatic carbocycles. The van der Waals surface area contributed by atoms with Gasteiger partial charge in [0.2, 0.25) is 0 Å². The molecule has 0 bridgehead atoms. The van der Waals surface area contributed by atoms with Gasteiger partial charge < -0.3 is 14.8 Å². The molecule has 2 rings (SSSR count). The Labute approximate surface area is 132 Å². The maximum absolute atomic E-state index is 6.15. The first-order chi connectivity index (χ1) is 10.2. The number of methoxy groups -OCH3 is 1. The molecule has 0 unspecified atom stereocenters. The van der Waals surface area contributed by atoms with Crippen LogP contribution in [0.1, 0.15) is 25.3 Å². The summed E-state index contributed by atoms with van der Waals surface area (Å²) in [5.41, 5.74) is 1.04. The van der Waals surface area contributed by atoms with Crippen LogP contribution in [-0.4, -0.2) is 44.8 Å². The van der Waals surface area contributed by atoms with Crippen LogP contribution in [0.15, 0.2) is 12.1 Å². The number of benzene rings is 1. The second-order valence-electron chi connectivity index (χ2n) is 5.27. The standard InChI is InChI=1S/C16H25ClN2O2/c1-3-18-12-13-10-14(17)11-15(20-2)16(13)21-9-8-19-6-4-5-7-19/h10-11,18H,3-9,12H2,1-2H3. The third-order valence-corrected chi connectivity index (χ3v) is 3.95. The van der Waals surface area contributed by atoms with Gasteiger partial charge in [0.1, 0.15) is 6.61 Å². The molecule has 1 aliphatic rings. The topological polar surface area (TPSA) is 33.7 Å². The smallest absolute Gasteiger partial charge is 0.165 e. The minimum Gasteiger partial charge on any atom is -0.493 e. The molecule has 1 aliphatic heterocycles. The summed E-state index contributed by atoms with van der Waals surface area (Å²) in [6.07, 6.45) is 2.60. The van der Waals surface area contributed by atoms with Crippen molar-refractivity contribution in [1.82, 2.24) is 10.2 Å². The maximum Gasteiger partial charge on any atom is 0.165 e. The van der Waals surface area contributed by atoms with Gasteiger partial charge in [0.15, 0.2) is 11.5 Å². The fourth-order valence-corrected chi connectivity index (χ4v) is 2.84. The highest BCUT2D eigenvalue weighted by atomic mass is 35.5. The fraction of sp³-hybridized carbons (Fsp3) is 0.625. The first-order valence-corrected chi connectivity index (χ1v) is 8.04. The van der Waals surface area contributed by atoms with Crippen molar-refractivity contribution in [2.24, 2.45) is 0 Å². The van der Waals surface area contributed by atoms with Crippen molar-refractivity contribution in [2.45, 2.75) is 26.3 Å². The Kier molecular flexibility index (Phi) is 6.61. The lowest BCUT2D eigenvalue weighted by Gasteiger charge is -2.19. The zero-order valence-corrected chi connectivity index (χ0v) is 13.7. The number of hydrogen-bond donors (Lipinski definition) is 1. The average molecular weight is 313 g/mol. The normalized spacial score (nSPS) is 15.4. The van der Waals surface area contributed by atoms with Crippen LogP contribution in [0.25, 0.3) is 0 Å². The first kappa shape index (κ1) is 16.4. The fourth-order valence-electron chi connectivity index (χ4n) is 2.61. The van der Waals surface area contributed by atoms with E-state index in [2.05, 4.69) is 17.1 Å². The minimum absolute atomic E-state index is 0.673. The van der Waals surface area contributed by atoms with Gasteiger partial charge in [-0.2, -0.15) is 0 Å². The number of halogens is 1. The van der Waals surface area contributed by atoms with E-state index in [0.29, 0.717) is 17.4 Å². The Bertz CT molecular complexity index is 448. The van der Waals surface area contributed by atoms with Crippen LogP contribution in [0.3, 0.4) is 0 Å². The molecule has 0 aliphatic carbocycles. The molecule has 1 aromatic rings. The molecule has 0 amide bonds. The lowest BCUT2D eigenvalue weighted by molar-refractivity contribution is 0.228. The summed E-state index contributed by atoms with van der Waals surface area (Å²) < 4.78 is 11.4. The van der Waals surface area contributed by atoms with Gasteiger partial charge in [-0.3, -0.25) is 4.90 Å². The van der Waals surface area contributed by atoms with Crippen LogP contribution in [0.5, 0.6) is 11.5 Å². The van der Waals surface area contributed by atoms with Gasteiger partial charge in [0.25, 0.3) is 0 Å². The van der Waals surface area contributed by atoms with Gasteiger partial charge >= 0.3 is 0 Å². The van der Waals surface area contributed by atoms with E-state index in [4.69, 9.17) is 21.1 Å². The molecular weight excluding hydrogens is 288 g/mol. The van der Waals surface area contributed by atoms with E-state index in [-0.39, 0.29) is 0 Å². The van der Waals surface area contributed by atoms with Crippen molar-refractivity contribution in [3.8, 4) is 11.5 Å². The molecule has 21 heavy (non-hydrogen) atoms. The summed E-state index contributed by atoms with van der Waals surface area (Å²) in [6.45, 7) is 7.73. The highest BCUT2D eigenvalue weighted by Gasteiger charge is 2.15. The molecule has 1 N–H and O–H groups in total. The van der Waals surface area contributed by atoms with Gasteiger partial charge in [0.05, 0.1) is 7.11 Å². The van der Waals surface area contributed by atoms with E-state index < -0.39 is 0 Å². The summed E-state index contributed by atoms with van der Waals surface area (Å²) in [5, 5.41) is 3.98. The number of nitrogens with zero attached hydrogens (tertiary/aromatic N) is 1. The molecule has 1 saturated heterocycles. The van der Waals surface area contributed by atoms with E-state index in [1.165, 1.54) is 25.9 Å². The van der Waals surface area contributed by atoms with Crippen molar-refractivity contribution in [3.63, 3.8) is 0 Å². The van der Waals surface area contributed by atoms with Gasteiger partial charge in [-0.15, -0.1) is 0 Å². The average Bonchev–Trinajstić information content (AvgIpc) is 2.99. The first-order valence-electron chi connectivity index (χ1n) is 7.67. The van der Waals surface area contributed by atoms with Crippen molar-refractivity contribution in [1.29, 1.82) is 0 Å². The summed E-state index contributed by atoms with van der Waals surface area (Å²) in [7, 11) is 1.65. The molecule has 0 aromatic heterocycles. The predicted octanol–water partition coefficient (Wildman–Crippen LogP) is 2.93. The third kappa shape index (κ3) is 4.77. The van der Waals surface area contributed by atoms with E-state index in [9.17, 15) is 0 Å². The number of nitrogens with one attached hydrogen (secondary N) is 1. The summed E-state index contributed by atoms with van der Waals surface area (Å²) in [6, 6.07) is 3.75. The SMILES string of the molecule is CCNCc1cc(Cl)cc(OC)c1OCCN1CCCC1. The zero-order valence-electron chi connectivity index (χ0n) is 13.0. The summed E-state index contributed by atoms with van der Waals surface area (Å²) in [5.74, 6) is 1.51. The predicted molar refractivity (Wildman–Crippen MR) is 86.6 cm³/mol. The van der Waals surface area contributed by atoms with Crippen LogP contribution < -0.4 is 14.8 Å². The van der Waals surface area contributed by atoms with E-state index in [0.717, 1.165) is 30.9 Å². The van der Waals surface area contributed by atoms with E-state index in [1.54, 1.807) is 7.11 Å². The van der Waals surface area contributed by atoms with Gasteiger partial charge in [-0.05, 0) is 38.5 Å². The Morgan fingerprint density at radius 2 is 2.05 bits per heavy atom. The molecule has 0 saturated carbocycles. The molecular formula is C16H25ClN2O2. The van der Waals surface area contributed by atoms with Crippen molar-refractivity contribution in [3.05, 3.63) is 22.7 Å². The van der Waals surface area contributed by atoms with Crippen LogP contribution in [0.2, 0.25) is 5.02 Å². The molecule has 0 atom stereocenters. The molecule has 1 heterocycles. The molecule has 5 heteroatoms. The Morgan fingerprint density at radius 1 is 1.29 bits per heavy atom. The van der Waals surface area contributed by atoms with Crippen LogP contribution in [0, 0.1) is 0 Å². The molecule has 4 nitrogen and oxygen atoms in total. The van der Waals surface area contributed by atoms with Crippen molar-refractivity contribution in [2.75, 3.05) is 39.9 Å². The Morgan fingerprint density at radius 3 is 2.71 bits per heavy atom. The maximum atomic E-state index is 6.15. The van der Waals surface area contributed by atoms with E-state index >= 15 is 0 Å². The Balaban J connectivity index is 2.03. The van der Waals surface area contributed by atoms with Crippen molar-refractivity contribution >= 4 is 11.6 Å². The molecule has 0 spiro atoms. The van der Waals surface area contributed by atoms with Gasteiger partial charge in [-0.1, -0.05) is 18.5 Å². The lowest BCUT2D eigenvalue weighted by atomic mass is 10.2. The highest BCUT2D eigenvalue weighted by Crippen LogP contribution is 2.34. The number of rotatable bonds is 8. The zero-order chi connectivity index (χ0) is 15.1. The Hall–Kier alpha value is -0.970. The van der Waals surface area contributed by atoms with Crippen LogP contribution >= 0.6 is 11.6 Å². The lowest BCUT2D eigenvalue weighted by Crippen LogP contribution is -2.25. The molecule has 1 fully saturated rings. The quantitative estimate of drug-likeness (QED) is 0.800. The number of likely N-dealkylation sites (tertiary alicyclic amines) is 1. The molecule has 0 radical (unpaired) electrons. The van der Waals surface area contributed by atoms with Gasteiger partial charge in [0, 0.05) is 29.7 Å². The number of hydrogen-bond acceptors (Lipinski definition) is 4. The number of ether oxygens (including phenoxy) is 2. The molecule has 118 valence electrons. The monoisotopic (exact) mass is 312 g/mol. The van der Waals surface area contributed by atoms with Gasteiger partial charge in [-0.25, -0.2) is 0 Å². The minimum atomic E-state index is 0.673. The summed E-state index contributed by atoms with van der Waals surface area (Å²) >= 11 is 6.15. The second-order valence-corrected chi connectivity index (χ2v) is 5.71. The van der Waals surface area contributed by atoms with E-state index in [1.807, 2.05) is 12.1 Å². The van der Waals surface area contributed by atoms with Crippen LogP contribution in [0.4, 0.5) is 0 Å².